The molecule has 0 spiro atoms. The van der Waals surface area contributed by atoms with Gasteiger partial charge in [-0.2, -0.15) is 31.6 Å². The van der Waals surface area contributed by atoms with Crippen LogP contribution in [0.4, 0.5) is 53.0 Å². The fraction of sp³-hybridized carbons (Fsp3) is 0.375. The standard InChI is InChI=1S/C56H67F6N15O8/c1-7-36(15-14-33(2)30-63)47-45(49(80)84-26-22-71-51(64)65)34(3)76(41-12-8-10-38(28-41)55(57,58)59)53(82)74(47)31-43(78)69-20-24-73(6)25-21-70-44(79)32-75-48(37-16-18-40(68-5)19-17-37)46(50(81)85-27-23-72-52(66)67)35(4)77(54(75)83)42-13-9-11-39(29-42)56(60,61)62/h8-19,28-29,47-48,68H,7,20-27,31-32H2,1-6H3,(H,69,78)(H,70,79)(H4,64,65,71)(H4,66,67,72)/b33-14+,36-15+/t47-,48-/m1/s1. The number of amides is 6. The first-order valence-electron chi connectivity index (χ1n) is 26.3. The number of nitriles is 1. The van der Waals surface area contributed by atoms with Gasteiger partial charge in [0.1, 0.15) is 26.3 Å². The number of likely N-dealkylation sites (N-methyl/N-ethyl adjacent to an activating group) is 1. The van der Waals surface area contributed by atoms with Crippen LogP contribution in [-0.2, 0) is 41.0 Å². The smallest absolute Gasteiger partial charge is 0.416 e. The van der Waals surface area contributed by atoms with Gasteiger partial charge in [-0.15, -0.1) is 0 Å². The van der Waals surface area contributed by atoms with Crippen LogP contribution in [0.15, 0.2) is 129 Å². The zero-order chi connectivity index (χ0) is 62.9. The highest BCUT2D eigenvalue weighted by Gasteiger charge is 2.46. The summed E-state index contributed by atoms with van der Waals surface area (Å²) in [6.07, 6.45) is -6.56. The number of esters is 2. The molecule has 2 aliphatic rings. The highest BCUT2D eigenvalue weighted by Crippen LogP contribution is 2.42. The van der Waals surface area contributed by atoms with E-state index in [9.17, 15) is 60.4 Å². The number of nitrogens with one attached hydrogen (secondary N) is 3. The number of urea groups is 2. The predicted molar refractivity (Wildman–Crippen MR) is 304 cm³/mol. The molecular weight excluding hydrogens is 1120 g/mol. The van der Waals surface area contributed by atoms with Gasteiger partial charge < -0.3 is 63.1 Å². The molecule has 0 aromatic heterocycles. The third-order valence-corrected chi connectivity index (χ3v) is 13.3. The zero-order valence-corrected chi connectivity index (χ0v) is 47.4. The van der Waals surface area contributed by atoms with Crippen LogP contribution in [0.1, 0.15) is 56.8 Å². The van der Waals surface area contributed by atoms with Crippen molar-refractivity contribution in [3.05, 3.63) is 135 Å². The van der Waals surface area contributed by atoms with E-state index in [1.165, 1.54) is 45.1 Å². The number of benzene rings is 3. The number of nitrogens with two attached hydrogens (primary N) is 4. The third-order valence-electron chi connectivity index (χ3n) is 13.3. The Kier molecular flexibility index (Phi) is 23.1. The van der Waals surface area contributed by atoms with E-state index in [1.807, 2.05) is 6.07 Å². The molecule has 0 radical (unpaired) electrons. The maximum Gasteiger partial charge on any atom is 0.416 e. The lowest BCUT2D eigenvalue weighted by molar-refractivity contribution is -0.140. The Morgan fingerprint density at radius 3 is 1.62 bits per heavy atom. The van der Waals surface area contributed by atoms with E-state index in [0.717, 1.165) is 56.0 Å². The largest absolute Gasteiger partial charge is 0.460 e. The zero-order valence-electron chi connectivity index (χ0n) is 47.4. The van der Waals surface area contributed by atoms with Crippen LogP contribution in [0.2, 0.25) is 0 Å². The summed E-state index contributed by atoms with van der Waals surface area (Å²) in [4.78, 5) is 98.8. The van der Waals surface area contributed by atoms with Crippen molar-refractivity contribution in [3.8, 4) is 6.07 Å². The van der Waals surface area contributed by atoms with Crippen LogP contribution in [-0.4, -0.2) is 148 Å². The summed E-state index contributed by atoms with van der Waals surface area (Å²) in [6, 6.07) is 11.6. The van der Waals surface area contributed by atoms with Gasteiger partial charge in [0.2, 0.25) is 11.8 Å². The number of alkyl halides is 6. The summed E-state index contributed by atoms with van der Waals surface area (Å²) < 4.78 is 95.4. The quantitative estimate of drug-likeness (QED) is 0.0109. The fourth-order valence-corrected chi connectivity index (χ4v) is 9.12. The minimum Gasteiger partial charge on any atom is -0.460 e. The number of ether oxygens (including phenoxy) is 2. The van der Waals surface area contributed by atoms with E-state index >= 15 is 0 Å². The van der Waals surface area contributed by atoms with Crippen molar-refractivity contribution in [1.29, 1.82) is 5.26 Å². The molecule has 456 valence electrons. The molecule has 2 atom stereocenters. The number of hydrogen-bond acceptors (Lipinski definition) is 13. The molecule has 3 aromatic rings. The number of rotatable bonds is 25. The second kappa shape index (κ2) is 29.6. The Hall–Kier alpha value is -9.59. The Morgan fingerprint density at radius 1 is 0.718 bits per heavy atom. The number of allylic oxidation sites excluding steroid dienone is 5. The maximum atomic E-state index is 14.8. The number of aliphatic imine (C=N–C) groups is 2. The monoisotopic (exact) mass is 1190 g/mol. The third kappa shape index (κ3) is 17.5. The van der Waals surface area contributed by atoms with E-state index in [1.54, 1.807) is 50.2 Å². The fourth-order valence-electron chi connectivity index (χ4n) is 9.12. The summed E-state index contributed by atoms with van der Waals surface area (Å²) in [5.74, 6) is -4.06. The number of anilines is 3. The van der Waals surface area contributed by atoms with Crippen molar-refractivity contribution in [1.82, 2.24) is 25.3 Å². The number of halogens is 6. The molecule has 85 heavy (non-hydrogen) atoms. The van der Waals surface area contributed by atoms with Crippen molar-refractivity contribution in [2.75, 3.05) is 94.8 Å². The first kappa shape index (κ1) is 66.2. The normalized spacial score (nSPS) is 16.0. The Balaban J connectivity index is 1.37. The van der Waals surface area contributed by atoms with E-state index in [0.29, 0.717) is 16.8 Å². The highest BCUT2D eigenvalue weighted by molar-refractivity contribution is 6.06. The minimum absolute atomic E-state index is 0.0591. The number of guanidine groups is 2. The van der Waals surface area contributed by atoms with Crippen LogP contribution < -0.4 is 48.7 Å². The summed E-state index contributed by atoms with van der Waals surface area (Å²) in [6.45, 7) is 3.57. The van der Waals surface area contributed by atoms with Crippen LogP contribution >= 0.6 is 0 Å². The molecule has 11 N–H and O–H groups in total. The minimum atomic E-state index is -4.83. The van der Waals surface area contributed by atoms with Crippen LogP contribution in [0.5, 0.6) is 0 Å². The van der Waals surface area contributed by atoms with Crippen LogP contribution in [0.25, 0.3) is 0 Å². The molecule has 0 saturated heterocycles. The molecule has 2 aliphatic heterocycles. The van der Waals surface area contributed by atoms with Gasteiger partial charge in [-0.25, -0.2) is 19.2 Å². The molecule has 0 bridgehead atoms. The van der Waals surface area contributed by atoms with Crippen molar-refractivity contribution in [2.45, 2.75) is 58.6 Å². The molecule has 3 aromatic carbocycles. The first-order chi connectivity index (χ1) is 40.1. The van der Waals surface area contributed by atoms with E-state index in [4.69, 9.17) is 32.4 Å². The van der Waals surface area contributed by atoms with Gasteiger partial charge in [-0.3, -0.25) is 29.4 Å². The summed E-state index contributed by atoms with van der Waals surface area (Å²) in [5, 5.41) is 17.9. The highest BCUT2D eigenvalue weighted by atomic mass is 19.4. The predicted octanol–water partition coefficient (Wildman–Crippen LogP) is 5.21. The molecule has 0 unspecified atom stereocenters. The van der Waals surface area contributed by atoms with E-state index < -0.39 is 84.5 Å². The van der Waals surface area contributed by atoms with Crippen molar-refractivity contribution in [2.24, 2.45) is 32.9 Å². The topological polar surface area (TPSA) is 326 Å². The second-order valence-electron chi connectivity index (χ2n) is 19.2. The lowest BCUT2D eigenvalue weighted by atomic mass is 9.90. The maximum absolute atomic E-state index is 14.8. The molecule has 0 saturated carbocycles. The molecular formula is C56H67F6N15O8. The molecule has 2 heterocycles. The van der Waals surface area contributed by atoms with Gasteiger partial charge >= 0.3 is 36.4 Å². The molecule has 5 rings (SSSR count). The lowest BCUT2D eigenvalue weighted by Crippen LogP contribution is -2.58. The Morgan fingerprint density at radius 2 is 1.18 bits per heavy atom. The first-order valence-corrected chi connectivity index (χ1v) is 26.3. The van der Waals surface area contributed by atoms with Gasteiger partial charge in [0.15, 0.2) is 11.9 Å². The molecule has 23 nitrogen and oxygen atoms in total. The molecule has 29 heteroatoms. The summed E-state index contributed by atoms with van der Waals surface area (Å²) in [5.41, 5.74) is 20.0. The van der Waals surface area contributed by atoms with E-state index in [-0.39, 0.29) is 110 Å². The average molecular weight is 1190 g/mol. The molecule has 0 aliphatic carbocycles. The van der Waals surface area contributed by atoms with E-state index in [2.05, 4.69) is 25.9 Å². The number of carbonyl (C=O) groups is 6. The SMILES string of the molecule is CC/C(=C\C=C(/C)C#N)[C@@H]1C(C(=O)OCCN=C(N)N)=C(C)N(c2cccc(C(F)(F)F)c2)C(=O)N1CC(=O)NCCN(C)CCNC(=O)CN1C(=O)N(c2cccc(C(F)(F)F)c2)C(C)=C(C(=O)OCCN=C(N)N)[C@H]1c1ccc(NC)cc1. The molecule has 6 amide bonds. The number of hydrogen-bond donors (Lipinski definition) is 7. The van der Waals surface area contributed by atoms with Gasteiger partial charge in [-0.05, 0) is 100.0 Å². The van der Waals surface area contributed by atoms with Crippen LogP contribution in [0, 0.1) is 11.3 Å². The van der Waals surface area contributed by atoms with Gasteiger partial charge in [0.25, 0.3) is 0 Å². The lowest BCUT2D eigenvalue weighted by Gasteiger charge is -2.43. The van der Waals surface area contributed by atoms with Gasteiger partial charge in [-0.1, -0.05) is 37.3 Å². The van der Waals surface area contributed by atoms with Gasteiger partial charge in [0.05, 0.1) is 64.9 Å². The number of carbonyl (C=O) groups excluding carboxylic acids is 6. The van der Waals surface area contributed by atoms with Crippen molar-refractivity contribution < 1.29 is 64.6 Å². The summed E-state index contributed by atoms with van der Waals surface area (Å²) >= 11 is 0. The average Bonchev–Trinajstić information content (AvgIpc) is 0.988. The summed E-state index contributed by atoms with van der Waals surface area (Å²) in [7, 11) is 3.31. The second-order valence-corrected chi connectivity index (χ2v) is 19.2. The van der Waals surface area contributed by atoms with Gasteiger partial charge in [0, 0.05) is 55.9 Å². The van der Waals surface area contributed by atoms with Crippen molar-refractivity contribution in [3.63, 3.8) is 0 Å². The van der Waals surface area contributed by atoms with Crippen LogP contribution in [0.3, 0.4) is 0 Å². The number of nitrogens with zero attached hydrogens (tertiary/aromatic N) is 8. The molecule has 0 fully saturated rings. The Bertz CT molecular complexity index is 3200. The van der Waals surface area contributed by atoms with Crippen molar-refractivity contribution >= 4 is 64.8 Å². The Labute approximate surface area is 486 Å².